The summed E-state index contributed by atoms with van der Waals surface area (Å²) in [6, 6.07) is 4.50. The average Bonchev–Trinajstić information content (AvgIpc) is 2.99. The molecule has 1 saturated carbocycles. The van der Waals surface area contributed by atoms with Gasteiger partial charge >= 0.3 is 0 Å². The van der Waals surface area contributed by atoms with Crippen molar-refractivity contribution in [2.24, 2.45) is 5.92 Å². The Labute approximate surface area is 127 Å². The van der Waals surface area contributed by atoms with Crippen LogP contribution >= 0.6 is 22.3 Å². The van der Waals surface area contributed by atoms with E-state index in [0.29, 0.717) is 17.5 Å². The number of benzene rings is 1. The number of carbonyl (C=O) groups is 1. The first-order chi connectivity index (χ1) is 9.36. The molecule has 4 nitrogen and oxygen atoms in total. The maximum atomic E-state index is 12.5. The van der Waals surface area contributed by atoms with E-state index in [2.05, 4.69) is 0 Å². The highest BCUT2D eigenvalue weighted by molar-refractivity contribution is 8.13. The van der Waals surface area contributed by atoms with Crippen LogP contribution in [0, 0.1) is 5.92 Å². The fraction of sp³-hybridized carbons (Fsp3) is 0.462. The lowest BCUT2D eigenvalue weighted by Crippen LogP contribution is -2.37. The number of rotatable bonds is 2. The molecular weight excluding hydrogens is 321 g/mol. The van der Waals surface area contributed by atoms with Crippen LogP contribution in [0.4, 0.5) is 0 Å². The number of likely N-dealkylation sites (tertiary alicyclic amines) is 1. The van der Waals surface area contributed by atoms with Crippen LogP contribution in [0.1, 0.15) is 29.6 Å². The fourth-order valence-electron chi connectivity index (χ4n) is 3.16. The highest BCUT2D eigenvalue weighted by Gasteiger charge is 2.40. The van der Waals surface area contributed by atoms with Gasteiger partial charge in [0.15, 0.2) is 0 Å². The molecule has 1 heterocycles. The number of hydrogen-bond acceptors (Lipinski definition) is 3. The van der Waals surface area contributed by atoms with Crippen LogP contribution in [0.15, 0.2) is 23.1 Å². The van der Waals surface area contributed by atoms with E-state index in [9.17, 15) is 13.2 Å². The van der Waals surface area contributed by atoms with Crippen LogP contribution in [-0.4, -0.2) is 31.8 Å². The number of fused-ring (bicyclic) bond motifs is 2. The number of hydrogen-bond donors (Lipinski definition) is 0. The van der Waals surface area contributed by atoms with Gasteiger partial charge in [-0.1, -0.05) is 11.6 Å². The van der Waals surface area contributed by atoms with Gasteiger partial charge in [-0.2, -0.15) is 0 Å². The third-order valence-electron chi connectivity index (χ3n) is 4.11. The maximum absolute atomic E-state index is 12.5. The van der Waals surface area contributed by atoms with Crippen molar-refractivity contribution < 1.29 is 13.2 Å². The summed E-state index contributed by atoms with van der Waals surface area (Å²) in [6.45, 7) is 0.759. The number of piperidine rings is 1. The minimum Gasteiger partial charge on any atom is -0.335 e. The normalized spacial score (nSPS) is 25.2. The second-order valence-corrected chi connectivity index (χ2v) is 8.32. The molecule has 20 heavy (non-hydrogen) atoms. The van der Waals surface area contributed by atoms with Crippen molar-refractivity contribution in [1.82, 2.24) is 4.90 Å². The number of amides is 1. The quantitative estimate of drug-likeness (QED) is 0.782. The van der Waals surface area contributed by atoms with Crippen LogP contribution in [0.5, 0.6) is 0 Å². The molecule has 0 spiro atoms. The Morgan fingerprint density at radius 2 is 2.05 bits per heavy atom. The second-order valence-electron chi connectivity index (χ2n) is 5.37. The smallest absolute Gasteiger partial charge is 0.262 e. The summed E-state index contributed by atoms with van der Waals surface area (Å²) in [4.78, 5) is 14.1. The van der Waals surface area contributed by atoms with Gasteiger partial charge < -0.3 is 4.90 Å². The Morgan fingerprint density at radius 3 is 2.60 bits per heavy atom. The highest BCUT2D eigenvalue weighted by Crippen LogP contribution is 2.38. The molecule has 0 N–H and O–H groups in total. The summed E-state index contributed by atoms with van der Waals surface area (Å²) >= 11 is 5.82. The molecule has 2 bridgehead atoms. The van der Waals surface area contributed by atoms with Gasteiger partial charge in [0.1, 0.15) is 4.90 Å². The van der Waals surface area contributed by atoms with E-state index in [-0.39, 0.29) is 15.8 Å². The molecule has 0 radical (unpaired) electrons. The maximum Gasteiger partial charge on any atom is 0.262 e. The summed E-state index contributed by atoms with van der Waals surface area (Å²) in [6.07, 6.45) is 3.26. The summed E-state index contributed by atoms with van der Waals surface area (Å²) in [5, 5.41) is 0.0273. The molecule has 2 unspecified atom stereocenters. The Morgan fingerprint density at radius 1 is 1.30 bits per heavy atom. The number of halogens is 2. The summed E-state index contributed by atoms with van der Waals surface area (Å²) in [5.74, 6) is 0.447. The summed E-state index contributed by atoms with van der Waals surface area (Å²) in [5.41, 5.74) is 0.321. The van der Waals surface area contributed by atoms with Crippen LogP contribution in [0.2, 0.25) is 5.02 Å². The Kier molecular flexibility index (Phi) is 3.47. The van der Waals surface area contributed by atoms with E-state index >= 15 is 0 Å². The Hall–Kier alpha value is -0.780. The van der Waals surface area contributed by atoms with E-state index < -0.39 is 9.05 Å². The molecule has 1 aliphatic heterocycles. The van der Waals surface area contributed by atoms with E-state index in [1.807, 2.05) is 4.90 Å². The zero-order chi connectivity index (χ0) is 14.5. The molecule has 1 amide bonds. The molecule has 3 rings (SSSR count). The van der Waals surface area contributed by atoms with Crippen LogP contribution in [-0.2, 0) is 9.05 Å². The Balaban J connectivity index is 1.93. The molecule has 1 aromatic rings. The third-order valence-corrected chi connectivity index (χ3v) is 5.91. The molecule has 1 aliphatic carbocycles. The molecule has 108 valence electrons. The topological polar surface area (TPSA) is 54.5 Å². The second kappa shape index (κ2) is 4.90. The number of carbonyl (C=O) groups excluding carboxylic acids is 1. The van der Waals surface area contributed by atoms with Crippen molar-refractivity contribution in [3.8, 4) is 0 Å². The minimum atomic E-state index is -3.95. The fourth-order valence-corrected chi connectivity index (χ4v) is 4.65. The number of nitrogens with zero attached hydrogens (tertiary/aromatic N) is 1. The largest absolute Gasteiger partial charge is 0.335 e. The van der Waals surface area contributed by atoms with Gasteiger partial charge in [0, 0.05) is 28.8 Å². The van der Waals surface area contributed by atoms with Crippen molar-refractivity contribution in [3.05, 3.63) is 28.8 Å². The van der Waals surface area contributed by atoms with Crippen molar-refractivity contribution in [1.29, 1.82) is 0 Å². The highest BCUT2D eigenvalue weighted by atomic mass is 35.7. The molecule has 1 aromatic carbocycles. The van der Waals surface area contributed by atoms with Gasteiger partial charge in [-0.05, 0) is 43.4 Å². The van der Waals surface area contributed by atoms with Crippen LogP contribution in [0.25, 0.3) is 0 Å². The molecule has 2 aliphatic rings. The first-order valence-corrected chi connectivity index (χ1v) is 9.10. The first kappa shape index (κ1) is 14.2. The molecular formula is C13H13Cl2NO3S. The van der Waals surface area contributed by atoms with E-state index in [1.165, 1.54) is 18.6 Å². The minimum absolute atomic E-state index is 0.0273. The average molecular weight is 334 g/mol. The summed E-state index contributed by atoms with van der Waals surface area (Å²) in [7, 11) is 1.37. The molecule has 1 saturated heterocycles. The van der Waals surface area contributed by atoms with Gasteiger partial charge in [-0.3, -0.25) is 4.79 Å². The molecule has 0 aromatic heterocycles. The van der Waals surface area contributed by atoms with Crippen molar-refractivity contribution in [2.75, 3.05) is 6.54 Å². The van der Waals surface area contributed by atoms with Gasteiger partial charge in [-0.15, -0.1) is 0 Å². The molecule has 2 fully saturated rings. The predicted molar refractivity (Wildman–Crippen MR) is 76.7 cm³/mol. The first-order valence-electron chi connectivity index (χ1n) is 6.41. The zero-order valence-corrected chi connectivity index (χ0v) is 12.9. The lowest BCUT2D eigenvalue weighted by Gasteiger charge is -2.27. The lowest BCUT2D eigenvalue weighted by atomic mass is 10.1. The molecule has 7 heteroatoms. The lowest BCUT2D eigenvalue weighted by molar-refractivity contribution is 0.0703. The van der Waals surface area contributed by atoms with Crippen LogP contribution in [0.3, 0.4) is 0 Å². The van der Waals surface area contributed by atoms with Gasteiger partial charge in [-0.25, -0.2) is 8.42 Å². The zero-order valence-electron chi connectivity index (χ0n) is 10.6. The predicted octanol–water partition coefficient (Wildman–Crippen LogP) is 2.89. The van der Waals surface area contributed by atoms with E-state index in [0.717, 1.165) is 19.4 Å². The molecule has 2 atom stereocenters. The third kappa shape index (κ3) is 2.43. The van der Waals surface area contributed by atoms with Crippen molar-refractivity contribution in [3.63, 3.8) is 0 Å². The standard InChI is InChI=1S/C13H13Cl2NO3S/c14-11-4-2-9(6-12(11)20(15,18)19)13(17)16-7-8-1-3-10(16)5-8/h2,4,6,8,10H,1,3,5,7H2. The van der Waals surface area contributed by atoms with Gasteiger partial charge in [0.05, 0.1) is 5.02 Å². The van der Waals surface area contributed by atoms with Crippen molar-refractivity contribution >= 4 is 37.2 Å². The van der Waals surface area contributed by atoms with Crippen LogP contribution < -0.4 is 0 Å². The monoisotopic (exact) mass is 333 g/mol. The van der Waals surface area contributed by atoms with E-state index in [1.54, 1.807) is 6.07 Å². The van der Waals surface area contributed by atoms with Gasteiger partial charge in [0.25, 0.3) is 15.0 Å². The summed E-state index contributed by atoms with van der Waals surface area (Å²) < 4.78 is 22.9. The van der Waals surface area contributed by atoms with Crippen molar-refractivity contribution in [2.45, 2.75) is 30.2 Å². The van der Waals surface area contributed by atoms with E-state index in [4.69, 9.17) is 22.3 Å². The Bertz CT molecular complexity index is 674. The SMILES string of the molecule is O=C(c1ccc(Cl)c(S(=O)(=O)Cl)c1)N1CC2CCC1C2. The van der Waals surface area contributed by atoms with Gasteiger partial charge in [0.2, 0.25) is 0 Å².